The number of halogens is 3. The second-order valence-electron chi connectivity index (χ2n) is 9.82. The molecule has 0 radical (unpaired) electrons. The third kappa shape index (κ3) is 8.33. The molecule has 0 saturated heterocycles. The van der Waals surface area contributed by atoms with Crippen molar-refractivity contribution < 1.29 is 27.9 Å². The highest BCUT2D eigenvalue weighted by molar-refractivity contribution is 7.99. The molecule has 0 unspecified atom stereocenters. The van der Waals surface area contributed by atoms with E-state index < -0.39 is 17.7 Å². The van der Waals surface area contributed by atoms with Crippen LogP contribution in [0.2, 0.25) is 0 Å². The molecule has 2 N–H and O–H groups in total. The molecular formula is C30H31F3N2O3S. The van der Waals surface area contributed by atoms with Crippen LogP contribution in [-0.4, -0.2) is 28.5 Å². The first-order valence-electron chi connectivity index (χ1n) is 13.1. The molecule has 39 heavy (non-hydrogen) atoms. The van der Waals surface area contributed by atoms with E-state index in [2.05, 4.69) is 10.3 Å². The SMILES string of the molecule is O=C(O)CCNC(=O)c1ccc(S[C@@H](CC2CCCCC2)c2ccc(-c3ccc(C(F)(F)F)cc3)nc2)cc1. The van der Waals surface area contributed by atoms with Gasteiger partial charge in [0.05, 0.1) is 17.7 Å². The maximum atomic E-state index is 12.9. The number of aliphatic carboxylic acids is 1. The highest BCUT2D eigenvalue weighted by atomic mass is 32.2. The lowest BCUT2D eigenvalue weighted by Crippen LogP contribution is -2.25. The molecule has 0 aliphatic heterocycles. The number of carbonyl (C=O) groups excluding carboxylic acids is 1. The van der Waals surface area contributed by atoms with Gasteiger partial charge in [-0.15, -0.1) is 11.8 Å². The second-order valence-corrected chi connectivity index (χ2v) is 11.1. The maximum absolute atomic E-state index is 12.9. The average Bonchev–Trinajstić information content (AvgIpc) is 2.93. The monoisotopic (exact) mass is 556 g/mol. The van der Waals surface area contributed by atoms with E-state index in [0.29, 0.717) is 22.7 Å². The first-order valence-corrected chi connectivity index (χ1v) is 14.0. The lowest BCUT2D eigenvalue weighted by Gasteiger charge is -2.26. The highest BCUT2D eigenvalue weighted by Gasteiger charge is 2.30. The number of pyridine rings is 1. The molecule has 206 valence electrons. The smallest absolute Gasteiger partial charge is 0.416 e. The molecule has 0 bridgehead atoms. The summed E-state index contributed by atoms with van der Waals surface area (Å²) in [6.45, 7) is 0.0730. The van der Waals surface area contributed by atoms with Gasteiger partial charge < -0.3 is 10.4 Å². The average molecular weight is 557 g/mol. The molecule has 1 atom stereocenters. The number of carbonyl (C=O) groups is 2. The van der Waals surface area contributed by atoms with Crippen LogP contribution in [0.25, 0.3) is 11.3 Å². The van der Waals surface area contributed by atoms with Gasteiger partial charge in [0.25, 0.3) is 5.91 Å². The number of hydrogen-bond donors (Lipinski definition) is 2. The van der Waals surface area contributed by atoms with E-state index >= 15 is 0 Å². The Morgan fingerprint density at radius 1 is 0.974 bits per heavy atom. The van der Waals surface area contributed by atoms with Crippen molar-refractivity contribution in [1.82, 2.24) is 10.3 Å². The number of nitrogens with zero attached hydrogens (tertiary/aromatic N) is 1. The molecule has 1 fully saturated rings. The highest BCUT2D eigenvalue weighted by Crippen LogP contribution is 2.43. The number of hydrogen-bond acceptors (Lipinski definition) is 4. The minimum Gasteiger partial charge on any atom is -0.481 e. The topological polar surface area (TPSA) is 79.3 Å². The zero-order valence-electron chi connectivity index (χ0n) is 21.4. The summed E-state index contributed by atoms with van der Waals surface area (Å²) in [6.07, 6.45) is 4.44. The van der Waals surface area contributed by atoms with Crippen LogP contribution < -0.4 is 5.32 Å². The predicted octanol–water partition coefficient (Wildman–Crippen LogP) is 7.78. The number of carboxylic acid groups (broad SMARTS) is 1. The standard InChI is InChI=1S/C30H31F3N2O3S/c31-30(32,33)24-11-6-21(7-12-24)26-15-10-23(19-35-26)27(18-20-4-2-1-3-5-20)39-25-13-8-22(9-14-25)29(38)34-17-16-28(36)37/h6-15,19-20,27H,1-5,16-18H2,(H,34,38)(H,36,37)/t27-/m0/s1. The Labute approximate surface area is 230 Å². The molecule has 1 aliphatic rings. The number of aromatic nitrogens is 1. The van der Waals surface area contributed by atoms with Crippen molar-refractivity contribution >= 4 is 23.6 Å². The Morgan fingerprint density at radius 3 is 2.26 bits per heavy atom. The van der Waals surface area contributed by atoms with Gasteiger partial charge in [0.15, 0.2) is 0 Å². The largest absolute Gasteiger partial charge is 0.481 e. The van der Waals surface area contributed by atoms with Crippen LogP contribution in [0.1, 0.15) is 71.7 Å². The molecule has 3 aromatic rings. The molecule has 0 spiro atoms. The first-order chi connectivity index (χ1) is 18.7. The molecule has 1 amide bonds. The molecular weight excluding hydrogens is 525 g/mol. The summed E-state index contributed by atoms with van der Waals surface area (Å²) >= 11 is 1.71. The summed E-state index contributed by atoms with van der Waals surface area (Å²) < 4.78 is 38.7. The summed E-state index contributed by atoms with van der Waals surface area (Å²) in [5.74, 6) is -0.660. The Balaban J connectivity index is 1.48. The van der Waals surface area contributed by atoms with E-state index in [0.717, 1.165) is 29.0 Å². The second kappa shape index (κ2) is 13.2. The first kappa shape index (κ1) is 28.7. The van der Waals surface area contributed by atoms with Crippen LogP contribution in [0.15, 0.2) is 71.8 Å². The van der Waals surface area contributed by atoms with Crippen molar-refractivity contribution in [2.45, 2.75) is 61.3 Å². The molecule has 1 heterocycles. The fourth-order valence-electron chi connectivity index (χ4n) is 4.81. The third-order valence-electron chi connectivity index (χ3n) is 6.96. The zero-order valence-corrected chi connectivity index (χ0v) is 22.2. The van der Waals surface area contributed by atoms with Crippen molar-refractivity contribution in [2.75, 3.05) is 6.54 Å². The summed E-state index contributed by atoms with van der Waals surface area (Å²) in [4.78, 5) is 28.5. The van der Waals surface area contributed by atoms with Crippen LogP contribution >= 0.6 is 11.8 Å². The predicted molar refractivity (Wildman–Crippen MR) is 145 cm³/mol. The van der Waals surface area contributed by atoms with Gasteiger partial charge in [-0.05, 0) is 60.4 Å². The minimum absolute atomic E-state index is 0.0730. The van der Waals surface area contributed by atoms with E-state index in [1.54, 1.807) is 23.9 Å². The summed E-state index contributed by atoms with van der Waals surface area (Å²) in [7, 11) is 0. The lowest BCUT2D eigenvalue weighted by atomic mass is 9.85. The van der Waals surface area contributed by atoms with Crippen molar-refractivity contribution in [3.63, 3.8) is 0 Å². The maximum Gasteiger partial charge on any atom is 0.416 e. The Hall–Kier alpha value is -3.33. The molecule has 4 rings (SSSR count). The Morgan fingerprint density at radius 2 is 1.67 bits per heavy atom. The van der Waals surface area contributed by atoms with Gasteiger partial charge >= 0.3 is 12.1 Å². The number of nitrogens with one attached hydrogen (secondary N) is 1. The van der Waals surface area contributed by atoms with E-state index in [9.17, 15) is 22.8 Å². The van der Waals surface area contributed by atoms with Gasteiger partial charge in [0.1, 0.15) is 0 Å². The normalized spacial score (nSPS) is 15.1. The number of rotatable bonds is 10. The van der Waals surface area contributed by atoms with Crippen LogP contribution in [0, 0.1) is 5.92 Å². The molecule has 1 saturated carbocycles. The van der Waals surface area contributed by atoms with Crippen molar-refractivity contribution in [3.8, 4) is 11.3 Å². The molecule has 9 heteroatoms. The number of amides is 1. The number of carboxylic acids is 1. The fourth-order valence-corrected chi connectivity index (χ4v) is 6.07. The number of thioether (sulfide) groups is 1. The van der Waals surface area contributed by atoms with E-state index in [-0.39, 0.29) is 24.1 Å². The van der Waals surface area contributed by atoms with Gasteiger partial charge in [-0.2, -0.15) is 13.2 Å². The van der Waals surface area contributed by atoms with Crippen molar-refractivity contribution in [2.24, 2.45) is 5.92 Å². The van der Waals surface area contributed by atoms with Gasteiger partial charge in [0.2, 0.25) is 0 Å². The van der Waals surface area contributed by atoms with Gasteiger partial charge in [-0.25, -0.2) is 0 Å². The van der Waals surface area contributed by atoms with Crippen LogP contribution in [0.3, 0.4) is 0 Å². The van der Waals surface area contributed by atoms with Crippen LogP contribution in [-0.2, 0) is 11.0 Å². The summed E-state index contributed by atoms with van der Waals surface area (Å²) in [6, 6.07) is 16.2. The van der Waals surface area contributed by atoms with E-state index in [4.69, 9.17) is 5.11 Å². The van der Waals surface area contributed by atoms with Gasteiger partial charge in [0, 0.05) is 34.0 Å². The quantitative estimate of drug-likeness (QED) is 0.249. The molecule has 2 aromatic carbocycles. The number of alkyl halides is 3. The van der Waals surface area contributed by atoms with E-state index in [1.165, 1.54) is 44.2 Å². The van der Waals surface area contributed by atoms with E-state index in [1.807, 2.05) is 30.5 Å². The molecule has 1 aromatic heterocycles. The Kier molecular flexibility index (Phi) is 9.67. The Bertz CT molecular complexity index is 1240. The minimum atomic E-state index is -4.37. The van der Waals surface area contributed by atoms with Crippen molar-refractivity contribution in [1.29, 1.82) is 0 Å². The lowest BCUT2D eigenvalue weighted by molar-refractivity contribution is -0.138. The van der Waals surface area contributed by atoms with Gasteiger partial charge in [-0.1, -0.05) is 50.3 Å². The summed E-state index contributed by atoms with van der Waals surface area (Å²) in [5, 5.41) is 11.5. The zero-order chi connectivity index (χ0) is 27.8. The van der Waals surface area contributed by atoms with Gasteiger partial charge in [-0.3, -0.25) is 14.6 Å². The van der Waals surface area contributed by atoms with Crippen molar-refractivity contribution in [3.05, 3.63) is 83.6 Å². The summed E-state index contributed by atoms with van der Waals surface area (Å²) in [5.41, 5.74) is 2.08. The van der Waals surface area contributed by atoms with Crippen LogP contribution in [0.4, 0.5) is 13.2 Å². The molecule has 1 aliphatic carbocycles. The number of benzene rings is 2. The van der Waals surface area contributed by atoms with Crippen LogP contribution in [0.5, 0.6) is 0 Å². The molecule has 5 nitrogen and oxygen atoms in total. The fraction of sp³-hybridized carbons (Fsp3) is 0.367. The third-order valence-corrected chi connectivity index (χ3v) is 8.25.